The third-order valence-electron chi connectivity index (χ3n) is 7.33. The monoisotopic (exact) mass is 509 g/mol. The highest BCUT2D eigenvalue weighted by Gasteiger charge is 2.34. The molecule has 10 nitrogen and oxygen atoms in total. The van der Waals surface area contributed by atoms with Crippen LogP contribution in [0.5, 0.6) is 0 Å². The summed E-state index contributed by atoms with van der Waals surface area (Å²) in [7, 11) is 1.77. The highest BCUT2D eigenvalue weighted by molar-refractivity contribution is 6.38. The summed E-state index contributed by atoms with van der Waals surface area (Å²) in [5.41, 5.74) is 1.28. The van der Waals surface area contributed by atoms with Crippen molar-refractivity contribution in [3.63, 3.8) is 0 Å². The van der Waals surface area contributed by atoms with Crippen molar-refractivity contribution in [2.45, 2.75) is 63.5 Å². The summed E-state index contributed by atoms with van der Waals surface area (Å²) in [6.45, 7) is 0.202. The lowest BCUT2D eigenvalue weighted by molar-refractivity contribution is -0.141. The maximum absolute atomic E-state index is 13.1. The van der Waals surface area contributed by atoms with E-state index in [1.165, 1.54) is 0 Å². The number of amides is 4. The van der Waals surface area contributed by atoms with Gasteiger partial charge in [-0.15, -0.1) is 0 Å². The van der Waals surface area contributed by atoms with Crippen molar-refractivity contribution in [3.05, 3.63) is 36.0 Å². The SMILES string of the molecule is Cn1c(C(=O)NCC(=O)NC(CC2CCCNC2=O)C(=O)C(=O)NC2CCCCC2)cc2ccccc21. The second kappa shape index (κ2) is 12.0. The number of hydrogen-bond donors (Lipinski definition) is 4. The molecule has 1 saturated carbocycles. The van der Waals surface area contributed by atoms with Gasteiger partial charge in [-0.05, 0) is 44.2 Å². The van der Waals surface area contributed by atoms with E-state index >= 15 is 0 Å². The summed E-state index contributed by atoms with van der Waals surface area (Å²) < 4.78 is 1.74. The van der Waals surface area contributed by atoms with Crippen molar-refractivity contribution in [3.8, 4) is 0 Å². The van der Waals surface area contributed by atoms with Crippen molar-refractivity contribution in [2.75, 3.05) is 13.1 Å². The van der Waals surface area contributed by atoms with Gasteiger partial charge < -0.3 is 25.8 Å². The number of piperidine rings is 1. The second-order valence-electron chi connectivity index (χ2n) is 9.99. The Labute approximate surface area is 215 Å². The van der Waals surface area contributed by atoms with Gasteiger partial charge in [-0.1, -0.05) is 37.5 Å². The number of carbonyl (C=O) groups excluding carboxylic acids is 5. The molecule has 2 fully saturated rings. The minimum absolute atomic E-state index is 0.0334. The van der Waals surface area contributed by atoms with Crippen LogP contribution in [0.1, 0.15) is 61.9 Å². The van der Waals surface area contributed by atoms with Crippen LogP contribution in [0.3, 0.4) is 0 Å². The van der Waals surface area contributed by atoms with E-state index in [4.69, 9.17) is 0 Å². The van der Waals surface area contributed by atoms with Gasteiger partial charge in [0.15, 0.2) is 0 Å². The fourth-order valence-corrected chi connectivity index (χ4v) is 5.24. The first-order valence-electron chi connectivity index (χ1n) is 13.1. The van der Waals surface area contributed by atoms with Gasteiger partial charge in [0.05, 0.1) is 12.6 Å². The van der Waals surface area contributed by atoms with E-state index in [1.54, 1.807) is 17.7 Å². The van der Waals surface area contributed by atoms with E-state index in [2.05, 4.69) is 21.3 Å². The summed E-state index contributed by atoms with van der Waals surface area (Å²) in [5.74, 6) is -3.21. The van der Waals surface area contributed by atoms with E-state index in [1.807, 2.05) is 24.3 Å². The fourth-order valence-electron chi connectivity index (χ4n) is 5.24. The molecule has 2 unspecified atom stereocenters. The summed E-state index contributed by atoms with van der Waals surface area (Å²) in [6.07, 6.45) is 6.12. The van der Waals surface area contributed by atoms with Crippen molar-refractivity contribution in [2.24, 2.45) is 13.0 Å². The number of nitrogens with one attached hydrogen (secondary N) is 4. The van der Waals surface area contributed by atoms with E-state index in [9.17, 15) is 24.0 Å². The topological polar surface area (TPSA) is 138 Å². The van der Waals surface area contributed by atoms with Crippen LogP contribution < -0.4 is 21.3 Å². The van der Waals surface area contributed by atoms with Crippen LogP contribution in [0.25, 0.3) is 10.9 Å². The predicted molar refractivity (Wildman–Crippen MR) is 138 cm³/mol. The van der Waals surface area contributed by atoms with Crippen LogP contribution in [-0.2, 0) is 26.2 Å². The van der Waals surface area contributed by atoms with Gasteiger partial charge in [-0.25, -0.2) is 0 Å². The molecule has 1 saturated heterocycles. The number of aromatic nitrogens is 1. The Morgan fingerprint density at radius 2 is 1.81 bits per heavy atom. The molecule has 2 aromatic rings. The minimum Gasteiger partial charge on any atom is -0.356 e. The Kier molecular flexibility index (Phi) is 8.58. The molecule has 1 aliphatic carbocycles. The molecule has 4 amide bonds. The zero-order chi connectivity index (χ0) is 26.4. The zero-order valence-corrected chi connectivity index (χ0v) is 21.2. The molecule has 1 aromatic heterocycles. The summed E-state index contributed by atoms with van der Waals surface area (Å²) in [5, 5.41) is 11.7. The Bertz CT molecular complexity index is 1180. The largest absolute Gasteiger partial charge is 0.356 e. The number of carbonyl (C=O) groups is 5. The van der Waals surface area contributed by atoms with Crippen molar-refractivity contribution in [1.29, 1.82) is 0 Å². The lowest BCUT2D eigenvalue weighted by Crippen LogP contribution is -2.53. The molecule has 1 aliphatic heterocycles. The molecule has 0 spiro atoms. The Balaban J connectivity index is 1.39. The van der Waals surface area contributed by atoms with Crippen LogP contribution in [-0.4, -0.2) is 59.2 Å². The molecule has 2 aliphatic rings. The maximum Gasteiger partial charge on any atom is 0.289 e. The van der Waals surface area contributed by atoms with Crippen molar-refractivity contribution >= 4 is 40.3 Å². The quantitative estimate of drug-likeness (QED) is 0.378. The molecule has 4 N–H and O–H groups in total. The van der Waals surface area contributed by atoms with Crippen LogP contribution in [0.4, 0.5) is 0 Å². The molecule has 37 heavy (non-hydrogen) atoms. The number of nitrogens with zero attached hydrogens (tertiary/aromatic N) is 1. The molecule has 2 atom stereocenters. The number of hydrogen-bond acceptors (Lipinski definition) is 5. The number of benzene rings is 1. The first-order chi connectivity index (χ1) is 17.8. The predicted octanol–water partition coefficient (Wildman–Crippen LogP) is 1.33. The lowest BCUT2D eigenvalue weighted by Gasteiger charge is -2.27. The van der Waals surface area contributed by atoms with Crippen molar-refractivity contribution < 1.29 is 24.0 Å². The van der Waals surface area contributed by atoms with Crippen molar-refractivity contribution in [1.82, 2.24) is 25.8 Å². The lowest BCUT2D eigenvalue weighted by atomic mass is 9.89. The minimum atomic E-state index is -1.15. The average molecular weight is 510 g/mol. The molecule has 0 bridgehead atoms. The van der Waals surface area contributed by atoms with E-state index in [0.29, 0.717) is 18.7 Å². The van der Waals surface area contributed by atoms with Crippen LogP contribution in [0.15, 0.2) is 30.3 Å². The van der Waals surface area contributed by atoms with Crippen LogP contribution in [0, 0.1) is 5.92 Å². The summed E-state index contributed by atoms with van der Waals surface area (Å²) in [6, 6.07) is 8.09. The molecule has 10 heteroatoms. The maximum atomic E-state index is 13.1. The number of rotatable bonds is 9. The molecule has 1 aromatic carbocycles. The Morgan fingerprint density at radius 1 is 1.05 bits per heavy atom. The van der Waals surface area contributed by atoms with Gasteiger partial charge in [0.25, 0.3) is 11.8 Å². The standard InChI is InChI=1S/C27H35N5O5/c1-32-21-12-6-5-8-17(21)15-22(32)26(36)29-16-23(33)31-20(14-18-9-7-13-28-25(18)35)24(34)27(37)30-19-10-3-2-4-11-19/h5-6,8,12,15,18-20H,2-4,7,9-11,13-14,16H2,1H3,(H,28,35)(H,29,36)(H,30,37)(H,31,33). The third-order valence-corrected chi connectivity index (χ3v) is 7.33. The number of aryl methyl sites for hydroxylation is 1. The van der Waals surface area contributed by atoms with E-state index in [-0.39, 0.29) is 24.9 Å². The van der Waals surface area contributed by atoms with Gasteiger partial charge >= 0.3 is 0 Å². The first kappa shape index (κ1) is 26.4. The van der Waals surface area contributed by atoms with E-state index < -0.39 is 35.5 Å². The summed E-state index contributed by atoms with van der Waals surface area (Å²) in [4.78, 5) is 63.7. The fraction of sp³-hybridized carbons (Fsp3) is 0.519. The first-order valence-corrected chi connectivity index (χ1v) is 13.1. The normalized spacial score (nSPS) is 19.1. The van der Waals surface area contributed by atoms with Crippen LogP contribution >= 0.6 is 0 Å². The number of Topliss-reactive ketones (excluding diaryl/α,β-unsaturated/α-hetero) is 1. The molecular formula is C27H35N5O5. The van der Waals surface area contributed by atoms with Crippen LogP contribution in [0.2, 0.25) is 0 Å². The number of para-hydroxylation sites is 1. The van der Waals surface area contributed by atoms with Gasteiger partial charge in [-0.3, -0.25) is 24.0 Å². The summed E-state index contributed by atoms with van der Waals surface area (Å²) >= 11 is 0. The highest BCUT2D eigenvalue weighted by Crippen LogP contribution is 2.20. The Morgan fingerprint density at radius 3 is 2.54 bits per heavy atom. The number of ketones is 1. The highest BCUT2D eigenvalue weighted by atomic mass is 16.2. The third kappa shape index (κ3) is 6.55. The van der Waals surface area contributed by atoms with Gasteiger partial charge in [0.1, 0.15) is 5.69 Å². The second-order valence-corrected chi connectivity index (χ2v) is 9.99. The molecule has 4 rings (SSSR count). The molecule has 198 valence electrons. The molecular weight excluding hydrogens is 474 g/mol. The van der Waals surface area contributed by atoms with Gasteiger partial charge in [-0.2, -0.15) is 0 Å². The molecule has 2 heterocycles. The van der Waals surface area contributed by atoms with Gasteiger partial charge in [0, 0.05) is 36.5 Å². The van der Waals surface area contributed by atoms with E-state index in [0.717, 1.165) is 49.4 Å². The Hall–Kier alpha value is -3.69. The number of fused-ring (bicyclic) bond motifs is 1. The zero-order valence-electron chi connectivity index (χ0n) is 21.2. The smallest absolute Gasteiger partial charge is 0.289 e. The average Bonchev–Trinajstić information content (AvgIpc) is 3.24. The van der Waals surface area contributed by atoms with Gasteiger partial charge in [0.2, 0.25) is 17.6 Å². The molecule has 0 radical (unpaired) electrons.